The van der Waals surface area contributed by atoms with E-state index in [2.05, 4.69) is 29.1 Å². The van der Waals surface area contributed by atoms with E-state index in [0.29, 0.717) is 5.92 Å². The van der Waals surface area contributed by atoms with Crippen molar-refractivity contribution in [1.29, 1.82) is 0 Å². The molecule has 15 heavy (non-hydrogen) atoms. The van der Waals surface area contributed by atoms with E-state index in [1.54, 1.807) is 10.9 Å². The molecule has 0 aliphatic heterocycles. The molecule has 0 unspecified atom stereocenters. The standard InChI is InChI=1S/C10H15N5/c1-6(2)8-9(7-4-5-12-13-7)14-15(3)10(8)11/h4-6H,11H2,1-3H3,(H,12,13). The second-order valence-electron chi connectivity index (χ2n) is 3.90. The van der Waals surface area contributed by atoms with Gasteiger partial charge in [0.05, 0.1) is 5.69 Å². The summed E-state index contributed by atoms with van der Waals surface area (Å²) >= 11 is 0. The molecule has 0 atom stereocenters. The lowest BCUT2D eigenvalue weighted by Gasteiger charge is -2.05. The Morgan fingerprint density at radius 3 is 2.73 bits per heavy atom. The first-order valence-electron chi connectivity index (χ1n) is 4.93. The predicted octanol–water partition coefficient (Wildman–Crippen LogP) is 1.52. The fraction of sp³-hybridized carbons (Fsp3) is 0.400. The molecule has 0 bridgehead atoms. The average molecular weight is 205 g/mol. The second-order valence-corrected chi connectivity index (χ2v) is 3.90. The molecule has 0 saturated heterocycles. The molecular weight excluding hydrogens is 190 g/mol. The highest BCUT2D eigenvalue weighted by molar-refractivity contribution is 5.66. The Morgan fingerprint density at radius 1 is 1.47 bits per heavy atom. The van der Waals surface area contributed by atoms with E-state index in [4.69, 9.17) is 5.73 Å². The van der Waals surface area contributed by atoms with Crippen LogP contribution in [0.2, 0.25) is 0 Å². The van der Waals surface area contributed by atoms with Crippen molar-refractivity contribution in [3.05, 3.63) is 17.8 Å². The molecule has 0 saturated carbocycles. The van der Waals surface area contributed by atoms with Gasteiger partial charge in [-0.25, -0.2) is 0 Å². The Morgan fingerprint density at radius 2 is 2.20 bits per heavy atom. The van der Waals surface area contributed by atoms with E-state index in [-0.39, 0.29) is 0 Å². The van der Waals surface area contributed by atoms with Crippen molar-refractivity contribution >= 4 is 5.82 Å². The van der Waals surface area contributed by atoms with Crippen LogP contribution in [0, 0.1) is 0 Å². The maximum Gasteiger partial charge on any atom is 0.125 e. The largest absolute Gasteiger partial charge is 0.384 e. The zero-order valence-electron chi connectivity index (χ0n) is 9.15. The number of aromatic amines is 1. The maximum atomic E-state index is 5.98. The van der Waals surface area contributed by atoms with Gasteiger partial charge in [0.1, 0.15) is 11.5 Å². The zero-order valence-corrected chi connectivity index (χ0v) is 9.15. The van der Waals surface area contributed by atoms with Crippen LogP contribution in [0.3, 0.4) is 0 Å². The van der Waals surface area contributed by atoms with Crippen molar-refractivity contribution in [1.82, 2.24) is 20.0 Å². The first kappa shape index (κ1) is 9.76. The Kier molecular flexibility index (Phi) is 2.22. The van der Waals surface area contributed by atoms with Gasteiger partial charge in [0.2, 0.25) is 0 Å². The second kappa shape index (κ2) is 3.42. The first-order chi connectivity index (χ1) is 7.11. The highest BCUT2D eigenvalue weighted by Gasteiger charge is 2.18. The van der Waals surface area contributed by atoms with Gasteiger partial charge in [0.25, 0.3) is 0 Å². The molecule has 2 aromatic heterocycles. The van der Waals surface area contributed by atoms with Crippen molar-refractivity contribution in [3.8, 4) is 11.4 Å². The van der Waals surface area contributed by atoms with E-state index in [1.165, 1.54) is 0 Å². The minimum atomic E-state index is 0.344. The number of nitrogens with one attached hydrogen (secondary N) is 1. The number of nitrogens with two attached hydrogens (primary N) is 1. The van der Waals surface area contributed by atoms with Crippen LogP contribution >= 0.6 is 0 Å². The van der Waals surface area contributed by atoms with Crippen molar-refractivity contribution in [2.45, 2.75) is 19.8 Å². The minimum absolute atomic E-state index is 0.344. The van der Waals surface area contributed by atoms with Crippen LogP contribution in [0.4, 0.5) is 5.82 Å². The monoisotopic (exact) mass is 205 g/mol. The van der Waals surface area contributed by atoms with Gasteiger partial charge in [0.15, 0.2) is 0 Å². The number of nitrogen functional groups attached to an aromatic ring is 1. The fourth-order valence-electron chi connectivity index (χ4n) is 1.71. The summed E-state index contributed by atoms with van der Waals surface area (Å²) < 4.78 is 1.70. The molecule has 0 aliphatic carbocycles. The lowest BCUT2D eigenvalue weighted by Crippen LogP contribution is -2.00. The topological polar surface area (TPSA) is 72.5 Å². The molecular formula is C10H15N5. The Balaban J connectivity index is 2.61. The number of rotatable bonds is 2. The highest BCUT2D eigenvalue weighted by Crippen LogP contribution is 2.31. The third-order valence-electron chi connectivity index (χ3n) is 2.46. The molecule has 0 aromatic carbocycles. The molecule has 5 heteroatoms. The van der Waals surface area contributed by atoms with Crippen LogP contribution in [0.1, 0.15) is 25.3 Å². The lowest BCUT2D eigenvalue weighted by molar-refractivity contribution is 0.779. The fourth-order valence-corrected chi connectivity index (χ4v) is 1.71. The number of nitrogens with zero attached hydrogens (tertiary/aromatic N) is 3. The molecule has 2 aromatic rings. The molecule has 0 fully saturated rings. The Bertz CT molecular complexity index is 452. The summed E-state index contributed by atoms with van der Waals surface area (Å²) in [5, 5.41) is 11.2. The van der Waals surface area contributed by atoms with Crippen molar-refractivity contribution < 1.29 is 0 Å². The number of aromatic nitrogens is 4. The molecule has 3 N–H and O–H groups in total. The normalized spacial score (nSPS) is 11.2. The summed E-state index contributed by atoms with van der Waals surface area (Å²) in [7, 11) is 1.85. The van der Waals surface area contributed by atoms with Gasteiger partial charge in [0, 0.05) is 18.8 Å². The summed E-state index contributed by atoms with van der Waals surface area (Å²) in [5.74, 6) is 1.06. The van der Waals surface area contributed by atoms with Crippen LogP contribution in [0.25, 0.3) is 11.4 Å². The third-order valence-corrected chi connectivity index (χ3v) is 2.46. The molecule has 0 aliphatic rings. The highest BCUT2D eigenvalue weighted by atomic mass is 15.3. The van der Waals surface area contributed by atoms with E-state index in [1.807, 2.05) is 13.1 Å². The summed E-state index contributed by atoms with van der Waals surface area (Å²) in [5.41, 5.74) is 8.85. The summed E-state index contributed by atoms with van der Waals surface area (Å²) in [6, 6.07) is 1.90. The number of hydrogen-bond acceptors (Lipinski definition) is 3. The van der Waals surface area contributed by atoms with E-state index in [9.17, 15) is 0 Å². The summed E-state index contributed by atoms with van der Waals surface area (Å²) in [4.78, 5) is 0. The average Bonchev–Trinajstić information content (AvgIpc) is 2.75. The number of anilines is 1. The van der Waals surface area contributed by atoms with Gasteiger partial charge >= 0.3 is 0 Å². The molecule has 0 radical (unpaired) electrons. The minimum Gasteiger partial charge on any atom is -0.384 e. The SMILES string of the molecule is CC(C)c1c(-c2ccn[nH]2)nn(C)c1N. The maximum absolute atomic E-state index is 5.98. The van der Waals surface area contributed by atoms with E-state index in [0.717, 1.165) is 22.8 Å². The Hall–Kier alpha value is -1.78. The van der Waals surface area contributed by atoms with Crippen LogP contribution < -0.4 is 5.73 Å². The summed E-state index contributed by atoms with van der Waals surface area (Å²) in [6.07, 6.45) is 1.71. The molecule has 0 spiro atoms. The smallest absolute Gasteiger partial charge is 0.125 e. The molecule has 5 nitrogen and oxygen atoms in total. The van der Waals surface area contributed by atoms with Crippen LogP contribution in [0.15, 0.2) is 12.3 Å². The van der Waals surface area contributed by atoms with Gasteiger partial charge in [-0.05, 0) is 12.0 Å². The van der Waals surface area contributed by atoms with Gasteiger partial charge in [-0.3, -0.25) is 9.78 Å². The van der Waals surface area contributed by atoms with Crippen molar-refractivity contribution in [2.75, 3.05) is 5.73 Å². The van der Waals surface area contributed by atoms with Crippen molar-refractivity contribution in [2.24, 2.45) is 7.05 Å². The zero-order chi connectivity index (χ0) is 11.0. The van der Waals surface area contributed by atoms with Gasteiger partial charge in [-0.2, -0.15) is 10.2 Å². The van der Waals surface area contributed by atoms with Crippen LogP contribution in [0.5, 0.6) is 0 Å². The van der Waals surface area contributed by atoms with Gasteiger partial charge < -0.3 is 5.73 Å². The van der Waals surface area contributed by atoms with Gasteiger partial charge in [-0.15, -0.1) is 0 Å². The summed E-state index contributed by atoms with van der Waals surface area (Å²) in [6.45, 7) is 4.21. The predicted molar refractivity (Wildman–Crippen MR) is 59.3 cm³/mol. The van der Waals surface area contributed by atoms with E-state index >= 15 is 0 Å². The lowest BCUT2D eigenvalue weighted by atomic mass is 10.0. The van der Waals surface area contributed by atoms with Crippen molar-refractivity contribution in [3.63, 3.8) is 0 Å². The molecule has 80 valence electrons. The third kappa shape index (κ3) is 1.49. The first-order valence-corrected chi connectivity index (χ1v) is 4.93. The molecule has 2 heterocycles. The number of aryl methyl sites for hydroxylation is 1. The molecule has 0 amide bonds. The van der Waals surface area contributed by atoms with E-state index < -0.39 is 0 Å². The molecule has 2 rings (SSSR count). The number of hydrogen-bond donors (Lipinski definition) is 2. The number of H-pyrrole nitrogens is 1. The van der Waals surface area contributed by atoms with Crippen LogP contribution in [-0.4, -0.2) is 20.0 Å². The van der Waals surface area contributed by atoms with Crippen LogP contribution in [-0.2, 0) is 7.05 Å². The Labute approximate surface area is 88.3 Å². The van der Waals surface area contributed by atoms with Gasteiger partial charge in [-0.1, -0.05) is 13.8 Å². The quantitative estimate of drug-likeness (QED) is 0.780.